The maximum Gasteiger partial charge on any atom is 0.283 e. The smallest absolute Gasteiger partial charge is 0.283 e. The second-order valence-electron chi connectivity index (χ2n) is 24.7. The van der Waals surface area contributed by atoms with Crippen molar-refractivity contribution in [1.82, 2.24) is 42.8 Å². The van der Waals surface area contributed by atoms with E-state index in [0.717, 1.165) is 61.9 Å². The van der Waals surface area contributed by atoms with Gasteiger partial charge in [0.1, 0.15) is 4.21 Å². The van der Waals surface area contributed by atoms with E-state index in [-0.39, 0.29) is 71.5 Å². The fourth-order valence-electron chi connectivity index (χ4n) is 13.1. The zero-order valence-corrected chi connectivity index (χ0v) is 59.5. The molecule has 0 saturated carbocycles. The third-order valence-corrected chi connectivity index (χ3v) is 26.4. The van der Waals surface area contributed by atoms with E-state index in [1.807, 2.05) is 116 Å². The number of H-pyrrole nitrogens is 3. The summed E-state index contributed by atoms with van der Waals surface area (Å²) in [4.78, 5) is 25.7. The molecule has 3 aliphatic heterocycles. The fourth-order valence-corrected chi connectivity index (χ4v) is 20.1. The van der Waals surface area contributed by atoms with Crippen LogP contribution in [0.3, 0.4) is 0 Å². The van der Waals surface area contributed by atoms with E-state index in [4.69, 9.17) is 0 Å². The number of rotatable bonds is 18. The van der Waals surface area contributed by atoms with Crippen LogP contribution in [0.5, 0.6) is 0 Å². The molecule has 23 nitrogen and oxygen atoms in total. The van der Waals surface area contributed by atoms with E-state index in [1.54, 1.807) is 63.0 Å². The molecule has 0 spiro atoms. The first-order chi connectivity index (χ1) is 48.1. The van der Waals surface area contributed by atoms with E-state index in [0.29, 0.717) is 60.5 Å². The van der Waals surface area contributed by atoms with Crippen LogP contribution in [0.25, 0.3) is 0 Å². The van der Waals surface area contributed by atoms with Crippen LogP contribution in [-0.4, -0.2) is 126 Å². The zero-order valence-electron chi connectivity index (χ0n) is 55.4. The molecular weight excluding hydrogens is 1360 g/mol. The molecule has 6 aromatic carbocycles. The molecule has 0 radical (unpaired) electrons. The Balaban J connectivity index is 0.000000152. The Hall–Kier alpha value is -9.80. The highest BCUT2D eigenvalue weighted by Gasteiger charge is 2.43. The molecule has 0 unspecified atom stereocenters. The van der Waals surface area contributed by atoms with E-state index in [1.165, 1.54) is 39.5 Å². The molecule has 10 aromatic rings. The van der Waals surface area contributed by atoms with Gasteiger partial charge in [-0.05, 0) is 124 Å². The maximum absolute atomic E-state index is 13.8. The first kappa shape index (κ1) is 71.5. The number of nitrogens with one attached hydrogen (secondary N) is 3. The number of hydrogen-bond acceptors (Lipinski definition) is 17. The third-order valence-electron chi connectivity index (χ3n) is 18.2. The molecule has 0 amide bonds. The van der Waals surface area contributed by atoms with Gasteiger partial charge >= 0.3 is 0 Å². The van der Waals surface area contributed by atoms with E-state index in [9.17, 15) is 49.5 Å². The summed E-state index contributed by atoms with van der Waals surface area (Å²) < 4.78 is 114. The van der Waals surface area contributed by atoms with Crippen LogP contribution in [0.2, 0.25) is 0 Å². The van der Waals surface area contributed by atoms with Gasteiger partial charge in [0.05, 0.1) is 103 Å². The minimum atomic E-state index is -4.13. The Morgan fingerprint density at radius 3 is 1.44 bits per heavy atom. The first-order valence-electron chi connectivity index (χ1n) is 32.3. The summed E-state index contributed by atoms with van der Waals surface area (Å²) in [6.45, 7) is 8.41. The molecule has 0 saturated heterocycles. The van der Waals surface area contributed by atoms with Gasteiger partial charge in [0.25, 0.3) is 20.0 Å². The number of hydrogen-bond donors (Lipinski definition) is 3. The molecule has 3 aliphatic rings. The molecule has 4 aromatic heterocycles. The van der Waals surface area contributed by atoms with Gasteiger partial charge in [-0.1, -0.05) is 118 Å². The molecule has 7 heterocycles. The summed E-state index contributed by atoms with van der Waals surface area (Å²) >= 11 is 1.10. The lowest BCUT2D eigenvalue weighted by molar-refractivity contribution is 0.288. The summed E-state index contributed by atoms with van der Waals surface area (Å²) in [6, 6.07) is 53.4. The lowest BCUT2D eigenvalue weighted by Crippen LogP contribution is -2.47. The Morgan fingerprint density at radius 1 is 0.530 bits per heavy atom. The highest BCUT2D eigenvalue weighted by molar-refractivity contribution is 7.93. The van der Waals surface area contributed by atoms with Crippen molar-refractivity contribution in [1.29, 1.82) is 15.8 Å². The van der Waals surface area contributed by atoms with Gasteiger partial charge in [-0.2, -0.15) is 37.1 Å². The number of aromatic nitrogens is 6. The molecule has 3 N–H and O–H groups in total. The number of thiophene rings is 1. The van der Waals surface area contributed by atoms with Crippen LogP contribution in [0, 0.1) is 34.0 Å². The summed E-state index contributed by atoms with van der Waals surface area (Å²) in [7, 11) is -15.1. The van der Waals surface area contributed by atoms with Crippen LogP contribution in [-0.2, 0) is 79.2 Å². The van der Waals surface area contributed by atoms with Crippen molar-refractivity contribution in [2.45, 2.75) is 106 Å². The van der Waals surface area contributed by atoms with Gasteiger partial charge in [-0.15, -0.1) is 11.3 Å². The Morgan fingerprint density at radius 2 is 0.990 bits per heavy atom. The minimum Gasteiger partial charge on any atom is -0.364 e. The number of nitriles is 3. The van der Waals surface area contributed by atoms with Crippen molar-refractivity contribution in [2.24, 2.45) is 0 Å². The molecule has 0 bridgehead atoms. The summed E-state index contributed by atoms with van der Waals surface area (Å²) in [6.07, 6.45) is 11.6. The normalized spacial score (nSPS) is 17.5. The Bertz CT molecular complexity index is 5020. The molecule has 100 heavy (non-hydrogen) atoms. The van der Waals surface area contributed by atoms with Crippen molar-refractivity contribution < 1.29 is 33.7 Å². The molecule has 5 atom stereocenters. The van der Waals surface area contributed by atoms with Gasteiger partial charge in [0, 0.05) is 80.8 Å². The zero-order chi connectivity index (χ0) is 70.8. The number of fused-ring (bicyclic) bond motifs is 3. The molecule has 516 valence electrons. The second-order valence-corrected chi connectivity index (χ2v) is 33.6. The minimum absolute atomic E-state index is 0.0238. The number of nitrogens with zero attached hydrogens (tertiary/aromatic N) is 12. The average molecular weight is 1440 g/mol. The lowest BCUT2D eigenvalue weighted by atomic mass is 9.93. The SMILES string of the molecule is CCCS(=O)(=O)N1Cc2cc(C#N)ccc2N(Cc2c[nH]cn2)C[C@H]1[C@H](C)c1ccccc1.C[C@H](c1ccccc1)[C@@H]1CN(Cc2c[nH]cn2)c2ccc(C#N)cc2CN1S(C)(=O)=O.N#Cc1ccc2c(c1)CN(S(=O)(=O)c1cccs1)[C@H](Cc1ccccc1)CN2S(=O)(=O)c1c[nH]cn1. The van der Waals surface area contributed by atoms with Crippen LogP contribution >= 0.6 is 11.3 Å². The quantitative estimate of drug-likeness (QED) is 0.0719. The number of benzene rings is 6. The summed E-state index contributed by atoms with van der Waals surface area (Å²) in [5.74, 6) is 0.0455. The van der Waals surface area contributed by atoms with Crippen molar-refractivity contribution in [3.8, 4) is 18.2 Å². The van der Waals surface area contributed by atoms with Gasteiger partial charge in [-0.25, -0.2) is 40.2 Å². The fraction of sp³-hybridized carbons (Fsp3) is 0.278. The topological polar surface area (TPSA) is 313 Å². The summed E-state index contributed by atoms with van der Waals surface area (Å²) in [5, 5.41) is 29.9. The van der Waals surface area contributed by atoms with Gasteiger partial charge in [0.15, 0.2) is 5.03 Å². The molecule has 13 rings (SSSR count). The average Bonchev–Trinajstić information content (AvgIpc) is 1.61. The van der Waals surface area contributed by atoms with Crippen molar-refractivity contribution in [3.05, 3.63) is 262 Å². The van der Waals surface area contributed by atoms with Crippen molar-refractivity contribution in [3.63, 3.8) is 0 Å². The van der Waals surface area contributed by atoms with E-state index in [2.05, 4.69) is 83.9 Å². The second kappa shape index (κ2) is 31.2. The predicted molar refractivity (Wildman–Crippen MR) is 384 cm³/mol. The van der Waals surface area contributed by atoms with Crippen molar-refractivity contribution >= 4 is 68.5 Å². The van der Waals surface area contributed by atoms with Gasteiger partial charge in [0.2, 0.25) is 20.0 Å². The molecule has 0 aliphatic carbocycles. The van der Waals surface area contributed by atoms with E-state index < -0.39 is 46.1 Å². The van der Waals surface area contributed by atoms with E-state index >= 15 is 0 Å². The third kappa shape index (κ3) is 16.2. The standard InChI is InChI=1S/C25H29N5O2S.C24H21N5O4S3.C23H25N5O2S/c1-3-11-33(31,32)30-15-22-12-20(13-26)9-10-24(22)29(16-23-14-27-18-28-23)17-25(30)19(2)21-7-5-4-6-8-21;25-13-19-8-9-22-20(11-19)15-28(36(32,33)24-7-4-10-34-24)21(12-18-5-2-1-3-6-18)16-29(22)35(30,31)23-14-26-17-27-23;1-17(19-6-4-3-5-7-19)23-15-27(14-21-12-25-16-26-21)22-9-8-18(11-24)10-20(22)13-28(23)31(2,29)30/h4-10,12,14,18-19,25H,3,11,15-17H2,1-2H3,(H,27,28);1-11,14,17,21H,12,15-16H2,(H,26,27);3-10,12,16-17,23H,13-15H2,1-2H3,(H,25,26)/t19-,25+;21-;17-,23+/m111/s1. The number of anilines is 3. The molecule has 28 heteroatoms. The highest BCUT2D eigenvalue weighted by atomic mass is 32.2. The Kier molecular flexibility index (Phi) is 22.3. The van der Waals surface area contributed by atoms with Crippen LogP contribution in [0.15, 0.2) is 210 Å². The monoisotopic (exact) mass is 1440 g/mol. The number of sulfonamides is 4. The maximum atomic E-state index is 13.8. The highest BCUT2D eigenvalue weighted by Crippen LogP contribution is 2.40. The lowest BCUT2D eigenvalue weighted by Gasteiger charge is -2.36. The summed E-state index contributed by atoms with van der Waals surface area (Å²) in [5.41, 5.74) is 10.4. The Labute approximate surface area is 588 Å². The number of aromatic amines is 3. The van der Waals surface area contributed by atoms with Crippen molar-refractivity contribution in [2.75, 3.05) is 45.7 Å². The van der Waals surface area contributed by atoms with Gasteiger partial charge in [-0.3, -0.25) is 4.31 Å². The molecular formula is C72H75N15O8S5. The van der Waals surface area contributed by atoms with Crippen LogP contribution < -0.4 is 14.1 Å². The molecule has 0 fully saturated rings. The number of imidazole rings is 3. The first-order valence-corrected chi connectivity index (χ1v) is 39.5. The largest absolute Gasteiger partial charge is 0.364 e. The predicted octanol–water partition coefficient (Wildman–Crippen LogP) is 10.6. The van der Waals surface area contributed by atoms with Crippen LogP contribution in [0.4, 0.5) is 17.1 Å². The van der Waals surface area contributed by atoms with Gasteiger partial charge < -0.3 is 24.8 Å². The van der Waals surface area contributed by atoms with Crippen LogP contribution in [0.1, 0.15) is 100 Å².